The quantitative estimate of drug-likeness (QED) is 0.590. The van der Waals surface area contributed by atoms with E-state index < -0.39 is 0 Å². The maximum atomic E-state index is 6.09. The Balaban J connectivity index is 2.09. The van der Waals surface area contributed by atoms with Gasteiger partial charge in [0.1, 0.15) is 16.1 Å². The molecule has 2 rings (SSSR count). The highest BCUT2D eigenvalue weighted by Crippen LogP contribution is 2.26. The number of nitrogens with zero attached hydrogens (tertiary/aromatic N) is 2. The molecule has 0 aliphatic carbocycles. The number of rotatable bonds is 4. The van der Waals surface area contributed by atoms with Crippen LogP contribution in [0.3, 0.4) is 0 Å². The van der Waals surface area contributed by atoms with Crippen molar-refractivity contribution in [1.29, 1.82) is 0 Å². The van der Waals surface area contributed by atoms with Gasteiger partial charge in [-0.3, -0.25) is 0 Å². The van der Waals surface area contributed by atoms with Crippen molar-refractivity contribution >= 4 is 35.0 Å². The molecule has 0 saturated heterocycles. The number of hydrogen-bond acceptors (Lipinski definition) is 3. The third-order valence-electron chi connectivity index (χ3n) is 2.69. The minimum atomic E-state index is 0.460. The lowest BCUT2D eigenvalue weighted by Gasteiger charge is -2.06. The highest BCUT2D eigenvalue weighted by Gasteiger charge is 2.10. The van der Waals surface area contributed by atoms with E-state index in [0.717, 1.165) is 12.0 Å². The molecule has 0 radical (unpaired) electrons. The molecular weight excluding hydrogens is 299 g/mol. The van der Waals surface area contributed by atoms with Crippen LogP contribution >= 0.6 is 35.0 Å². The van der Waals surface area contributed by atoms with E-state index in [4.69, 9.17) is 23.2 Å². The van der Waals surface area contributed by atoms with Gasteiger partial charge in [0.05, 0.1) is 5.75 Å². The number of halogens is 2. The number of thioether (sulfide) groups is 1. The molecule has 0 aliphatic rings. The van der Waals surface area contributed by atoms with Crippen LogP contribution in [0.5, 0.6) is 0 Å². The lowest BCUT2D eigenvalue weighted by Crippen LogP contribution is -1.98. The molecule has 0 amide bonds. The fourth-order valence-electron chi connectivity index (χ4n) is 1.61. The zero-order valence-electron chi connectivity index (χ0n) is 10.8. The van der Waals surface area contributed by atoms with Gasteiger partial charge in [-0.15, -0.1) is 11.8 Å². The van der Waals surface area contributed by atoms with Crippen molar-refractivity contribution in [2.75, 3.05) is 0 Å². The highest BCUT2D eigenvalue weighted by atomic mass is 35.5. The topological polar surface area (TPSA) is 25.8 Å². The Hall–Kier alpha value is -0.770. The fraction of sp³-hybridized carbons (Fsp3) is 0.286. The summed E-state index contributed by atoms with van der Waals surface area (Å²) in [6.07, 6.45) is 0.739. The Kier molecular flexibility index (Phi) is 5.08. The van der Waals surface area contributed by atoms with Crippen molar-refractivity contribution in [3.05, 3.63) is 51.5 Å². The summed E-state index contributed by atoms with van der Waals surface area (Å²) < 4.78 is 0. The van der Waals surface area contributed by atoms with Crippen LogP contribution in [0.15, 0.2) is 29.2 Å². The van der Waals surface area contributed by atoms with Gasteiger partial charge in [-0.2, -0.15) is 0 Å². The van der Waals surface area contributed by atoms with Crippen LogP contribution in [0.1, 0.15) is 23.9 Å². The third-order valence-corrected chi connectivity index (χ3v) is 4.33. The summed E-state index contributed by atoms with van der Waals surface area (Å²) in [6, 6.07) is 8.35. The van der Waals surface area contributed by atoms with Crippen molar-refractivity contribution in [1.82, 2.24) is 9.97 Å². The number of aryl methyl sites for hydroxylation is 1. The molecule has 0 spiro atoms. The molecule has 0 atom stereocenters. The van der Waals surface area contributed by atoms with Gasteiger partial charge in [0, 0.05) is 10.5 Å². The lowest BCUT2D eigenvalue weighted by atomic mass is 10.2. The van der Waals surface area contributed by atoms with Gasteiger partial charge in [0.2, 0.25) is 0 Å². The van der Waals surface area contributed by atoms with Gasteiger partial charge in [0.15, 0.2) is 0 Å². The highest BCUT2D eigenvalue weighted by molar-refractivity contribution is 7.98. The largest absolute Gasteiger partial charge is 0.220 e. The first kappa shape index (κ1) is 14.6. The van der Waals surface area contributed by atoms with Gasteiger partial charge in [-0.25, -0.2) is 9.97 Å². The minimum Gasteiger partial charge on any atom is -0.220 e. The van der Waals surface area contributed by atoms with Crippen molar-refractivity contribution in [2.24, 2.45) is 0 Å². The predicted octanol–water partition coefficient (Wildman–Crippen LogP) is 4.95. The van der Waals surface area contributed by atoms with E-state index in [1.807, 2.05) is 6.92 Å². The van der Waals surface area contributed by atoms with Gasteiger partial charge in [-0.1, -0.05) is 47.8 Å². The van der Waals surface area contributed by atoms with E-state index in [2.05, 4.69) is 41.2 Å². The maximum Gasteiger partial charge on any atom is 0.142 e. The van der Waals surface area contributed by atoms with Gasteiger partial charge < -0.3 is 0 Å². The SMILES string of the molecule is CCc1c(Cl)nc(CSc2ccc(C)cc2)nc1Cl. The van der Waals surface area contributed by atoms with Gasteiger partial charge in [0.25, 0.3) is 0 Å². The zero-order valence-corrected chi connectivity index (χ0v) is 13.1. The second kappa shape index (κ2) is 6.60. The van der Waals surface area contributed by atoms with E-state index in [-0.39, 0.29) is 0 Å². The summed E-state index contributed by atoms with van der Waals surface area (Å²) in [7, 11) is 0. The van der Waals surface area contributed by atoms with Crippen molar-refractivity contribution in [2.45, 2.75) is 30.9 Å². The Morgan fingerprint density at radius 2 is 1.63 bits per heavy atom. The average Bonchev–Trinajstić information content (AvgIpc) is 2.38. The molecule has 100 valence electrons. The second-order valence-corrected chi connectivity index (χ2v) is 5.92. The van der Waals surface area contributed by atoms with Crippen LogP contribution in [0.4, 0.5) is 0 Å². The van der Waals surface area contributed by atoms with E-state index in [0.29, 0.717) is 21.9 Å². The summed E-state index contributed by atoms with van der Waals surface area (Å²) in [5, 5.41) is 0.920. The monoisotopic (exact) mass is 312 g/mol. The van der Waals surface area contributed by atoms with E-state index >= 15 is 0 Å². The van der Waals surface area contributed by atoms with Crippen molar-refractivity contribution < 1.29 is 0 Å². The van der Waals surface area contributed by atoms with Crippen LogP contribution in [0.2, 0.25) is 10.3 Å². The molecule has 0 unspecified atom stereocenters. The van der Waals surface area contributed by atoms with Crippen LogP contribution in [-0.4, -0.2) is 9.97 Å². The summed E-state index contributed by atoms with van der Waals surface area (Å²) in [5.41, 5.74) is 2.06. The summed E-state index contributed by atoms with van der Waals surface area (Å²) >= 11 is 13.9. The Morgan fingerprint density at radius 1 is 1.05 bits per heavy atom. The molecule has 0 saturated carbocycles. The molecule has 0 N–H and O–H groups in total. The summed E-state index contributed by atoms with van der Waals surface area (Å²) in [4.78, 5) is 9.75. The average molecular weight is 313 g/mol. The molecule has 0 aliphatic heterocycles. The molecule has 5 heteroatoms. The summed E-state index contributed by atoms with van der Waals surface area (Å²) in [5.74, 6) is 1.32. The van der Waals surface area contributed by atoms with Crippen LogP contribution in [0, 0.1) is 6.92 Å². The number of benzene rings is 1. The fourth-order valence-corrected chi connectivity index (χ4v) is 3.05. The third kappa shape index (κ3) is 3.85. The number of hydrogen-bond donors (Lipinski definition) is 0. The molecular formula is C14H14Cl2N2S. The van der Waals surface area contributed by atoms with E-state index in [1.165, 1.54) is 10.5 Å². The molecule has 0 fully saturated rings. The molecule has 1 aromatic carbocycles. The maximum absolute atomic E-state index is 6.09. The van der Waals surface area contributed by atoms with Crippen LogP contribution in [0.25, 0.3) is 0 Å². The Labute approximate surface area is 127 Å². The van der Waals surface area contributed by atoms with Crippen molar-refractivity contribution in [3.63, 3.8) is 0 Å². The van der Waals surface area contributed by atoms with Crippen molar-refractivity contribution in [3.8, 4) is 0 Å². The second-order valence-electron chi connectivity index (χ2n) is 4.16. The lowest BCUT2D eigenvalue weighted by molar-refractivity contribution is 0.979. The first-order valence-electron chi connectivity index (χ1n) is 6.00. The molecule has 1 aromatic heterocycles. The standard InChI is InChI=1S/C14H14Cl2N2S/c1-3-11-13(15)17-12(18-14(11)16)8-19-10-6-4-9(2)5-7-10/h4-7H,3,8H2,1-2H3. The normalized spacial score (nSPS) is 10.7. The first-order chi connectivity index (χ1) is 9.10. The summed E-state index contributed by atoms with van der Waals surface area (Å²) in [6.45, 7) is 4.05. The smallest absolute Gasteiger partial charge is 0.142 e. The van der Waals surface area contributed by atoms with Gasteiger partial charge >= 0.3 is 0 Å². The first-order valence-corrected chi connectivity index (χ1v) is 7.74. The minimum absolute atomic E-state index is 0.460. The Bertz CT molecular complexity index is 547. The molecule has 0 bridgehead atoms. The number of aromatic nitrogens is 2. The molecule has 19 heavy (non-hydrogen) atoms. The van der Waals surface area contributed by atoms with Crippen LogP contribution < -0.4 is 0 Å². The Morgan fingerprint density at radius 3 is 2.16 bits per heavy atom. The predicted molar refractivity (Wildman–Crippen MR) is 82.2 cm³/mol. The molecule has 2 aromatic rings. The van der Waals surface area contributed by atoms with Crippen LogP contribution in [-0.2, 0) is 12.2 Å². The molecule has 1 heterocycles. The van der Waals surface area contributed by atoms with Gasteiger partial charge in [-0.05, 0) is 25.5 Å². The van der Waals surface area contributed by atoms with E-state index in [1.54, 1.807) is 11.8 Å². The van der Waals surface area contributed by atoms with E-state index in [9.17, 15) is 0 Å². The zero-order chi connectivity index (χ0) is 13.8. The molecule has 2 nitrogen and oxygen atoms in total.